The molecule has 0 aromatic heterocycles. The molecule has 5 nitrogen and oxygen atoms in total. The van der Waals surface area contributed by atoms with Crippen LogP contribution in [-0.4, -0.2) is 54.8 Å². The summed E-state index contributed by atoms with van der Waals surface area (Å²) in [6, 6.07) is 0.718. The molecule has 0 aromatic rings. The lowest BCUT2D eigenvalue weighted by Crippen LogP contribution is -2.48. The lowest BCUT2D eigenvalue weighted by Gasteiger charge is -2.36. The molecule has 0 aliphatic heterocycles. The van der Waals surface area contributed by atoms with Crippen LogP contribution in [0, 0.1) is 11.8 Å². The fourth-order valence-corrected chi connectivity index (χ4v) is 2.54. The second-order valence-electron chi connectivity index (χ2n) is 5.66. The highest BCUT2D eigenvalue weighted by Gasteiger charge is 2.41. The molecule has 102 valence electrons. The Bertz CT molecular complexity index is 341. The summed E-state index contributed by atoms with van der Waals surface area (Å²) in [6.07, 6.45) is 4.12. The van der Waals surface area contributed by atoms with Gasteiger partial charge in [0.05, 0.1) is 0 Å². The van der Waals surface area contributed by atoms with Crippen LogP contribution in [0.15, 0.2) is 0 Å². The minimum atomic E-state index is -0.330. The van der Waals surface area contributed by atoms with Crippen LogP contribution >= 0.6 is 0 Å². The third-order valence-electron chi connectivity index (χ3n) is 4.29. The van der Waals surface area contributed by atoms with Crippen LogP contribution in [0.2, 0.25) is 0 Å². The number of likely N-dealkylation sites (N-methyl/N-ethyl adjacent to an activating group) is 2. The fourth-order valence-electron chi connectivity index (χ4n) is 2.54. The maximum Gasteiger partial charge on any atom is 0.226 e. The summed E-state index contributed by atoms with van der Waals surface area (Å²) in [5, 5.41) is 0. The number of amides is 2. The van der Waals surface area contributed by atoms with E-state index in [0.717, 1.165) is 32.0 Å². The topological polar surface area (TPSA) is 66.6 Å². The van der Waals surface area contributed by atoms with Crippen molar-refractivity contribution in [3.05, 3.63) is 0 Å². The van der Waals surface area contributed by atoms with Crippen molar-refractivity contribution in [3.8, 4) is 0 Å². The van der Waals surface area contributed by atoms with E-state index >= 15 is 0 Å². The average molecular weight is 253 g/mol. The van der Waals surface area contributed by atoms with Gasteiger partial charge in [0, 0.05) is 38.0 Å². The first-order valence-corrected chi connectivity index (χ1v) is 6.75. The third-order valence-corrected chi connectivity index (χ3v) is 4.29. The molecule has 0 heterocycles. The van der Waals surface area contributed by atoms with Gasteiger partial charge in [0.25, 0.3) is 0 Å². The molecule has 2 unspecified atom stereocenters. The van der Waals surface area contributed by atoms with E-state index in [9.17, 15) is 9.59 Å². The predicted molar refractivity (Wildman–Crippen MR) is 68.7 cm³/mol. The van der Waals surface area contributed by atoms with Gasteiger partial charge in [-0.15, -0.1) is 0 Å². The molecule has 0 saturated heterocycles. The van der Waals surface area contributed by atoms with Crippen molar-refractivity contribution in [1.29, 1.82) is 0 Å². The van der Waals surface area contributed by atoms with Crippen molar-refractivity contribution < 1.29 is 9.59 Å². The summed E-state index contributed by atoms with van der Waals surface area (Å²) < 4.78 is 0. The molecule has 2 aliphatic rings. The maximum atomic E-state index is 12.1. The summed E-state index contributed by atoms with van der Waals surface area (Å²) in [5.41, 5.74) is 5.28. The zero-order valence-corrected chi connectivity index (χ0v) is 11.3. The summed E-state index contributed by atoms with van der Waals surface area (Å²) in [7, 11) is 3.92. The number of rotatable bonds is 6. The molecule has 5 heteroatoms. The zero-order valence-electron chi connectivity index (χ0n) is 11.3. The lowest BCUT2D eigenvalue weighted by atomic mass is 9.72. The normalized spacial score (nSPS) is 26.8. The Morgan fingerprint density at radius 3 is 2.11 bits per heavy atom. The van der Waals surface area contributed by atoms with Crippen LogP contribution in [-0.2, 0) is 9.59 Å². The number of hydrogen-bond donors (Lipinski definition) is 1. The first kappa shape index (κ1) is 13.3. The Balaban J connectivity index is 1.75. The van der Waals surface area contributed by atoms with Crippen LogP contribution in [0.1, 0.15) is 25.7 Å². The number of nitrogens with zero attached hydrogens (tertiary/aromatic N) is 2. The first-order valence-electron chi connectivity index (χ1n) is 6.75. The monoisotopic (exact) mass is 253 g/mol. The Morgan fingerprint density at radius 1 is 1.06 bits per heavy atom. The summed E-state index contributed by atoms with van der Waals surface area (Å²) in [6.45, 7) is 1.63. The Morgan fingerprint density at radius 2 is 1.67 bits per heavy atom. The molecule has 2 atom stereocenters. The van der Waals surface area contributed by atoms with Crippen LogP contribution in [0.25, 0.3) is 0 Å². The second kappa shape index (κ2) is 5.26. The molecular weight excluding hydrogens is 230 g/mol. The zero-order chi connectivity index (χ0) is 13.3. The highest BCUT2D eigenvalue weighted by atomic mass is 16.2. The molecule has 2 rings (SSSR count). The molecule has 0 spiro atoms. The van der Waals surface area contributed by atoms with Gasteiger partial charge in [-0.25, -0.2) is 0 Å². The Hall–Kier alpha value is -1.10. The SMILES string of the molecule is CN(CCN(C)C1CC1)C(=O)C1CCC1C(N)=O. The Kier molecular flexibility index (Phi) is 3.90. The van der Waals surface area contributed by atoms with E-state index in [1.54, 1.807) is 4.90 Å². The summed E-state index contributed by atoms with van der Waals surface area (Å²) >= 11 is 0. The standard InChI is InChI=1S/C13H23N3O2/c1-15(9-3-4-9)7-8-16(2)13(18)11-6-5-10(11)12(14)17/h9-11H,3-8H2,1-2H3,(H2,14,17). The minimum absolute atomic E-state index is 0.0780. The van der Waals surface area contributed by atoms with Crippen molar-refractivity contribution in [2.24, 2.45) is 17.6 Å². The van der Waals surface area contributed by atoms with Crippen molar-refractivity contribution in [3.63, 3.8) is 0 Å². The van der Waals surface area contributed by atoms with Gasteiger partial charge >= 0.3 is 0 Å². The molecule has 18 heavy (non-hydrogen) atoms. The van der Waals surface area contributed by atoms with Crippen molar-refractivity contribution in [1.82, 2.24) is 9.80 Å². The molecule has 2 amide bonds. The van der Waals surface area contributed by atoms with Gasteiger partial charge in [0.1, 0.15) is 0 Å². The number of hydrogen-bond acceptors (Lipinski definition) is 3. The highest BCUT2D eigenvalue weighted by molar-refractivity contribution is 5.88. The van der Waals surface area contributed by atoms with Gasteiger partial charge in [0.15, 0.2) is 0 Å². The van der Waals surface area contributed by atoms with Crippen LogP contribution in [0.5, 0.6) is 0 Å². The van der Waals surface area contributed by atoms with Gasteiger partial charge < -0.3 is 15.5 Å². The molecule has 2 aliphatic carbocycles. The molecule has 2 N–H and O–H groups in total. The second-order valence-corrected chi connectivity index (χ2v) is 5.66. The minimum Gasteiger partial charge on any atom is -0.369 e. The van der Waals surface area contributed by atoms with E-state index < -0.39 is 0 Å². The largest absolute Gasteiger partial charge is 0.369 e. The van der Waals surface area contributed by atoms with Gasteiger partial charge in [-0.2, -0.15) is 0 Å². The van der Waals surface area contributed by atoms with Gasteiger partial charge in [-0.1, -0.05) is 0 Å². The van der Waals surface area contributed by atoms with E-state index in [0.29, 0.717) is 0 Å². The van der Waals surface area contributed by atoms with Crippen LogP contribution < -0.4 is 5.73 Å². The van der Waals surface area contributed by atoms with E-state index in [-0.39, 0.29) is 23.7 Å². The fraction of sp³-hybridized carbons (Fsp3) is 0.846. The van der Waals surface area contributed by atoms with Gasteiger partial charge in [-0.05, 0) is 32.7 Å². The first-order chi connectivity index (χ1) is 8.50. The van der Waals surface area contributed by atoms with E-state index in [4.69, 9.17) is 5.73 Å². The molecule has 0 radical (unpaired) electrons. The van der Waals surface area contributed by atoms with Crippen molar-refractivity contribution in [2.75, 3.05) is 27.2 Å². The molecule has 0 bridgehead atoms. The van der Waals surface area contributed by atoms with E-state index in [2.05, 4.69) is 11.9 Å². The van der Waals surface area contributed by atoms with Gasteiger partial charge in [-0.3, -0.25) is 9.59 Å². The quantitative estimate of drug-likeness (QED) is 0.727. The van der Waals surface area contributed by atoms with Crippen molar-refractivity contribution >= 4 is 11.8 Å². The number of carbonyl (C=O) groups is 2. The predicted octanol–water partition coefficient (Wildman–Crippen LogP) is 0.0505. The van der Waals surface area contributed by atoms with Crippen molar-refractivity contribution in [2.45, 2.75) is 31.7 Å². The van der Waals surface area contributed by atoms with E-state index in [1.807, 2.05) is 7.05 Å². The van der Waals surface area contributed by atoms with Crippen LogP contribution in [0.3, 0.4) is 0 Å². The average Bonchev–Trinajstić information content (AvgIpc) is 3.06. The van der Waals surface area contributed by atoms with Gasteiger partial charge in [0.2, 0.25) is 11.8 Å². The molecule has 2 fully saturated rings. The Labute approximate surface area is 108 Å². The smallest absolute Gasteiger partial charge is 0.226 e. The number of carbonyl (C=O) groups excluding carboxylic acids is 2. The summed E-state index contributed by atoms with van der Waals surface area (Å²) in [5.74, 6) is -0.655. The lowest BCUT2D eigenvalue weighted by molar-refractivity contribution is -0.145. The molecular formula is C13H23N3O2. The van der Waals surface area contributed by atoms with E-state index in [1.165, 1.54) is 12.8 Å². The van der Waals surface area contributed by atoms with Crippen LogP contribution in [0.4, 0.5) is 0 Å². The number of nitrogens with two attached hydrogens (primary N) is 1. The molecule has 0 aromatic carbocycles. The highest BCUT2D eigenvalue weighted by Crippen LogP contribution is 2.35. The molecule has 2 saturated carbocycles. The third kappa shape index (κ3) is 2.83. The summed E-state index contributed by atoms with van der Waals surface area (Å²) in [4.78, 5) is 27.3. The number of primary amides is 1. The maximum absolute atomic E-state index is 12.1.